The Balaban J connectivity index is 1.73. The van der Waals surface area contributed by atoms with E-state index in [0.717, 1.165) is 62.5 Å². The van der Waals surface area contributed by atoms with Gasteiger partial charge in [0.25, 0.3) is 0 Å². The Hall–Kier alpha value is -1.73. The Morgan fingerprint density at radius 3 is 2.75 bits per heavy atom. The van der Waals surface area contributed by atoms with Gasteiger partial charge in [0.1, 0.15) is 12.1 Å². The van der Waals surface area contributed by atoms with Crippen molar-refractivity contribution >= 4 is 16.9 Å². The van der Waals surface area contributed by atoms with Crippen LogP contribution in [0.1, 0.15) is 6.42 Å². The standard InChI is InChI=1S/C13H21N7/c1-18-12-11(9-17-18)13(16-10-15-12)20-7-5-19(6-8-20)4-2-3-14/h9-10H,2-8,14H2,1H3. The Morgan fingerprint density at radius 2 is 2.00 bits per heavy atom. The van der Waals surface area contributed by atoms with Crippen LogP contribution in [0.5, 0.6) is 0 Å². The molecule has 0 atom stereocenters. The van der Waals surface area contributed by atoms with Crippen molar-refractivity contribution in [3.05, 3.63) is 12.5 Å². The average Bonchev–Trinajstić information content (AvgIpc) is 2.87. The van der Waals surface area contributed by atoms with Gasteiger partial charge in [-0.25, -0.2) is 9.97 Å². The highest BCUT2D eigenvalue weighted by Crippen LogP contribution is 2.23. The van der Waals surface area contributed by atoms with E-state index < -0.39 is 0 Å². The molecule has 0 aromatic carbocycles. The third-order valence-corrected chi connectivity index (χ3v) is 3.86. The number of piperazine rings is 1. The number of anilines is 1. The van der Waals surface area contributed by atoms with Crippen molar-refractivity contribution in [3.8, 4) is 0 Å². The number of hydrogen-bond acceptors (Lipinski definition) is 6. The summed E-state index contributed by atoms with van der Waals surface area (Å²) in [4.78, 5) is 13.5. The molecule has 7 heteroatoms. The molecule has 0 amide bonds. The number of hydrogen-bond donors (Lipinski definition) is 1. The first kappa shape index (κ1) is 13.3. The van der Waals surface area contributed by atoms with Gasteiger partial charge in [0.05, 0.1) is 11.6 Å². The van der Waals surface area contributed by atoms with E-state index in [4.69, 9.17) is 5.73 Å². The third kappa shape index (κ3) is 2.46. The zero-order chi connectivity index (χ0) is 13.9. The number of aromatic nitrogens is 4. The molecular formula is C13H21N7. The summed E-state index contributed by atoms with van der Waals surface area (Å²) in [5.41, 5.74) is 6.45. The lowest BCUT2D eigenvalue weighted by Gasteiger charge is -2.35. The van der Waals surface area contributed by atoms with E-state index in [-0.39, 0.29) is 0 Å². The van der Waals surface area contributed by atoms with Crippen LogP contribution in [0.25, 0.3) is 11.0 Å². The van der Waals surface area contributed by atoms with Crippen molar-refractivity contribution < 1.29 is 0 Å². The Labute approximate surface area is 118 Å². The maximum Gasteiger partial charge on any atom is 0.163 e. The Kier molecular flexibility index (Phi) is 3.79. The van der Waals surface area contributed by atoms with Gasteiger partial charge in [-0.15, -0.1) is 0 Å². The van der Waals surface area contributed by atoms with Crippen LogP contribution in [0.3, 0.4) is 0 Å². The maximum atomic E-state index is 5.57. The van der Waals surface area contributed by atoms with Crippen molar-refractivity contribution in [1.82, 2.24) is 24.6 Å². The van der Waals surface area contributed by atoms with Gasteiger partial charge in [-0.2, -0.15) is 5.10 Å². The van der Waals surface area contributed by atoms with E-state index in [1.165, 1.54) is 0 Å². The first-order valence-electron chi connectivity index (χ1n) is 7.09. The van der Waals surface area contributed by atoms with Gasteiger partial charge < -0.3 is 10.6 Å². The molecule has 0 bridgehead atoms. The van der Waals surface area contributed by atoms with E-state index in [9.17, 15) is 0 Å². The predicted octanol–water partition coefficient (Wildman–Crippen LogP) is -0.166. The fourth-order valence-electron chi connectivity index (χ4n) is 2.70. The van der Waals surface area contributed by atoms with Gasteiger partial charge in [0.15, 0.2) is 5.65 Å². The van der Waals surface area contributed by atoms with Crippen LogP contribution in [-0.2, 0) is 7.05 Å². The van der Waals surface area contributed by atoms with E-state index in [1.807, 2.05) is 13.2 Å². The molecule has 7 nitrogen and oxygen atoms in total. The Bertz CT molecular complexity index is 571. The van der Waals surface area contributed by atoms with Crippen LogP contribution in [0.2, 0.25) is 0 Å². The van der Waals surface area contributed by atoms with Gasteiger partial charge in [0.2, 0.25) is 0 Å². The summed E-state index contributed by atoms with van der Waals surface area (Å²) in [6.07, 6.45) is 4.55. The summed E-state index contributed by atoms with van der Waals surface area (Å²) in [7, 11) is 1.91. The minimum Gasteiger partial charge on any atom is -0.353 e. The second-order valence-corrected chi connectivity index (χ2v) is 5.17. The third-order valence-electron chi connectivity index (χ3n) is 3.86. The lowest BCUT2D eigenvalue weighted by Crippen LogP contribution is -2.47. The molecule has 2 aromatic heterocycles. The van der Waals surface area contributed by atoms with Gasteiger partial charge in [-0.1, -0.05) is 0 Å². The molecule has 3 heterocycles. The largest absolute Gasteiger partial charge is 0.353 e. The van der Waals surface area contributed by atoms with E-state index >= 15 is 0 Å². The molecule has 0 radical (unpaired) electrons. The summed E-state index contributed by atoms with van der Waals surface area (Å²) in [6, 6.07) is 0. The predicted molar refractivity (Wildman–Crippen MR) is 78.6 cm³/mol. The molecule has 0 unspecified atom stereocenters. The van der Waals surface area contributed by atoms with Crippen molar-refractivity contribution in [2.45, 2.75) is 6.42 Å². The molecule has 0 aliphatic carbocycles. The molecule has 2 N–H and O–H groups in total. The SMILES string of the molecule is Cn1ncc2c(N3CCN(CCCN)CC3)ncnc21. The molecule has 108 valence electrons. The number of fused-ring (bicyclic) bond motifs is 1. The molecule has 2 aromatic rings. The summed E-state index contributed by atoms with van der Waals surface area (Å²) < 4.78 is 1.79. The smallest absolute Gasteiger partial charge is 0.163 e. The van der Waals surface area contributed by atoms with Gasteiger partial charge in [0, 0.05) is 33.2 Å². The molecule has 1 saturated heterocycles. The highest BCUT2D eigenvalue weighted by molar-refractivity contribution is 5.86. The van der Waals surface area contributed by atoms with Crippen molar-refractivity contribution in [2.75, 3.05) is 44.2 Å². The molecule has 3 rings (SSSR count). The minimum atomic E-state index is 0.766. The number of nitrogens with two attached hydrogens (primary N) is 1. The van der Waals surface area contributed by atoms with E-state index in [2.05, 4.69) is 24.9 Å². The molecule has 1 aliphatic heterocycles. The van der Waals surface area contributed by atoms with Crippen LogP contribution in [0.4, 0.5) is 5.82 Å². The maximum absolute atomic E-state index is 5.57. The molecule has 20 heavy (non-hydrogen) atoms. The van der Waals surface area contributed by atoms with Crippen LogP contribution in [0.15, 0.2) is 12.5 Å². The quantitative estimate of drug-likeness (QED) is 0.835. The normalized spacial score (nSPS) is 17.0. The second-order valence-electron chi connectivity index (χ2n) is 5.17. The average molecular weight is 275 g/mol. The lowest BCUT2D eigenvalue weighted by atomic mass is 10.2. The number of rotatable bonds is 4. The van der Waals surface area contributed by atoms with Crippen molar-refractivity contribution in [1.29, 1.82) is 0 Å². The second kappa shape index (κ2) is 5.72. The topological polar surface area (TPSA) is 76.1 Å². The summed E-state index contributed by atoms with van der Waals surface area (Å²) in [5.74, 6) is 1.00. The number of aryl methyl sites for hydroxylation is 1. The molecule has 1 fully saturated rings. The van der Waals surface area contributed by atoms with Crippen LogP contribution < -0.4 is 10.6 Å². The van der Waals surface area contributed by atoms with Gasteiger partial charge >= 0.3 is 0 Å². The van der Waals surface area contributed by atoms with Crippen molar-refractivity contribution in [3.63, 3.8) is 0 Å². The first-order chi connectivity index (χ1) is 9.79. The zero-order valence-corrected chi connectivity index (χ0v) is 11.9. The van der Waals surface area contributed by atoms with E-state index in [1.54, 1.807) is 11.0 Å². The van der Waals surface area contributed by atoms with Crippen LogP contribution in [-0.4, -0.2) is 63.9 Å². The summed E-state index contributed by atoms with van der Waals surface area (Å²) in [6.45, 7) is 5.97. The molecule has 0 saturated carbocycles. The monoisotopic (exact) mass is 275 g/mol. The van der Waals surface area contributed by atoms with Gasteiger partial charge in [-0.05, 0) is 19.5 Å². The summed E-state index contributed by atoms with van der Waals surface area (Å²) in [5, 5.41) is 5.30. The fraction of sp³-hybridized carbons (Fsp3) is 0.615. The minimum absolute atomic E-state index is 0.766. The number of nitrogens with zero attached hydrogens (tertiary/aromatic N) is 6. The first-order valence-corrected chi connectivity index (χ1v) is 7.09. The van der Waals surface area contributed by atoms with E-state index in [0.29, 0.717) is 0 Å². The fourth-order valence-corrected chi connectivity index (χ4v) is 2.70. The molecular weight excluding hydrogens is 254 g/mol. The van der Waals surface area contributed by atoms with Crippen molar-refractivity contribution in [2.24, 2.45) is 12.8 Å². The molecule has 0 spiro atoms. The highest BCUT2D eigenvalue weighted by atomic mass is 15.3. The van der Waals surface area contributed by atoms with Gasteiger partial charge in [-0.3, -0.25) is 9.58 Å². The van der Waals surface area contributed by atoms with Crippen LogP contribution in [0, 0.1) is 0 Å². The summed E-state index contributed by atoms with van der Waals surface area (Å²) >= 11 is 0. The Morgan fingerprint density at radius 1 is 1.20 bits per heavy atom. The lowest BCUT2D eigenvalue weighted by molar-refractivity contribution is 0.256. The molecule has 1 aliphatic rings. The highest BCUT2D eigenvalue weighted by Gasteiger charge is 2.20. The zero-order valence-electron chi connectivity index (χ0n) is 11.9. The van der Waals surface area contributed by atoms with Crippen LogP contribution >= 0.6 is 0 Å².